The molecule has 0 radical (unpaired) electrons. The van der Waals surface area contributed by atoms with Crippen LogP contribution in [0.2, 0.25) is 5.02 Å². The van der Waals surface area contributed by atoms with E-state index < -0.39 is 0 Å². The number of cyclic esters (lactones) is 1. The minimum absolute atomic E-state index is 0.190. The number of benzene rings is 2. The molecule has 1 aliphatic rings. The van der Waals surface area contributed by atoms with Crippen molar-refractivity contribution < 1.29 is 9.53 Å². The van der Waals surface area contributed by atoms with Crippen molar-refractivity contribution in [2.75, 3.05) is 6.61 Å². The third kappa shape index (κ3) is 3.61. The van der Waals surface area contributed by atoms with Crippen LogP contribution in [0.25, 0.3) is 5.69 Å². The Morgan fingerprint density at radius 3 is 2.58 bits per heavy atom. The Morgan fingerprint density at radius 1 is 1.12 bits per heavy atom. The molecule has 1 saturated heterocycles. The normalized spacial score (nSPS) is 16.7. The zero-order valence-corrected chi connectivity index (χ0v) is 15.4. The van der Waals surface area contributed by atoms with E-state index in [0.29, 0.717) is 29.6 Å². The van der Waals surface area contributed by atoms with Gasteiger partial charge in [-0.3, -0.25) is 9.36 Å². The van der Waals surface area contributed by atoms with Crippen LogP contribution in [0.3, 0.4) is 0 Å². The van der Waals surface area contributed by atoms with Gasteiger partial charge in [0.2, 0.25) is 0 Å². The highest BCUT2D eigenvalue weighted by Gasteiger charge is 2.30. The predicted molar refractivity (Wildman–Crippen MR) is 101 cm³/mol. The van der Waals surface area contributed by atoms with Crippen molar-refractivity contribution in [1.82, 2.24) is 14.8 Å². The number of carbonyl (C=O) groups is 1. The summed E-state index contributed by atoms with van der Waals surface area (Å²) in [4.78, 5) is 11.9. The number of halogens is 1. The molecule has 132 valence electrons. The number of thioether (sulfide) groups is 1. The molecule has 1 aromatic heterocycles. The van der Waals surface area contributed by atoms with Crippen molar-refractivity contribution in [3.8, 4) is 5.69 Å². The highest BCUT2D eigenvalue weighted by Crippen LogP contribution is 2.31. The minimum Gasteiger partial charge on any atom is -0.465 e. The largest absolute Gasteiger partial charge is 0.465 e. The summed E-state index contributed by atoms with van der Waals surface area (Å²) >= 11 is 7.43. The van der Waals surface area contributed by atoms with Gasteiger partial charge in [0.1, 0.15) is 11.1 Å². The molecule has 1 fully saturated rings. The Bertz CT molecular complexity index is 912. The molecule has 1 aliphatic heterocycles. The van der Waals surface area contributed by atoms with Gasteiger partial charge in [-0.1, -0.05) is 53.7 Å². The van der Waals surface area contributed by atoms with Gasteiger partial charge >= 0.3 is 5.97 Å². The van der Waals surface area contributed by atoms with Gasteiger partial charge in [-0.25, -0.2) is 0 Å². The summed E-state index contributed by atoms with van der Waals surface area (Å²) in [5, 5.41) is 9.84. The molecule has 1 atom stereocenters. The maximum atomic E-state index is 11.9. The fourth-order valence-electron chi connectivity index (χ4n) is 2.83. The second-order valence-corrected chi connectivity index (χ2v) is 7.54. The topological polar surface area (TPSA) is 57.0 Å². The van der Waals surface area contributed by atoms with E-state index in [-0.39, 0.29) is 11.2 Å². The Morgan fingerprint density at radius 2 is 1.88 bits per heavy atom. The lowest BCUT2D eigenvalue weighted by molar-refractivity contribution is -0.137. The van der Waals surface area contributed by atoms with Crippen molar-refractivity contribution in [3.05, 3.63) is 71.0 Å². The molecule has 0 unspecified atom stereocenters. The van der Waals surface area contributed by atoms with E-state index in [2.05, 4.69) is 22.3 Å². The summed E-state index contributed by atoms with van der Waals surface area (Å²) in [6.07, 6.45) is 1.33. The van der Waals surface area contributed by atoms with Crippen molar-refractivity contribution in [3.63, 3.8) is 0 Å². The molecule has 0 N–H and O–H groups in total. The van der Waals surface area contributed by atoms with Gasteiger partial charge < -0.3 is 4.74 Å². The molecule has 4 rings (SSSR count). The summed E-state index contributed by atoms with van der Waals surface area (Å²) in [6.45, 7) is 0.461. The average molecular weight is 386 g/mol. The number of aromatic nitrogens is 3. The third-order valence-electron chi connectivity index (χ3n) is 4.13. The van der Waals surface area contributed by atoms with Crippen LogP contribution in [0, 0.1) is 0 Å². The van der Waals surface area contributed by atoms with Crippen molar-refractivity contribution in [2.24, 2.45) is 0 Å². The van der Waals surface area contributed by atoms with Crippen LogP contribution in [-0.2, 0) is 16.0 Å². The Hall–Kier alpha value is -2.31. The van der Waals surface area contributed by atoms with Gasteiger partial charge in [-0.05, 0) is 29.8 Å². The Kier molecular flexibility index (Phi) is 4.95. The van der Waals surface area contributed by atoms with Gasteiger partial charge in [-0.2, -0.15) is 0 Å². The number of nitrogens with zero attached hydrogens (tertiary/aromatic N) is 3. The van der Waals surface area contributed by atoms with Crippen LogP contribution in [0.15, 0.2) is 59.8 Å². The molecule has 7 heteroatoms. The Balaban J connectivity index is 1.71. The molecule has 0 amide bonds. The molecule has 2 aromatic carbocycles. The number of ether oxygens (including phenoxy) is 1. The summed E-state index contributed by atoms with van der Waals surface area (Å²) in [6, 6.07) is 17.6. The fraction of sp³-hybridized carbons (Fsp3) is 0.211. The second kappa shape index (κ2) is 7.51. The molecule has 5 nitrogen and oxygen atoms in total. The monoisotopic (exact) mass is 385 g/mol. The van der Waals surface area contributed by atoms with Crippen molar-refractivity contribution >= 4 is 29.3 Å². The molecule has 0 spiro atoms. The zero-order valence-electron chi connectivity index (χ0n) is 13.8. The van der Waals surface area contributed by atoms with Gasteiger partial charge in [0.25, 0.3) is 0 Å². The third-order valence-corrected chi connectivity index (χ3v) is 5.56. The van der Waals surface area contributed by atoms with Crippen LogP contribution in [0.4, 0.5) is 0 Å². The number of carbonyl (C=O) groups excluding carboxylic acids is 1. The molecular formula is C19H16ClN3O2S. The van der Waals surface area contributed by atoms with E-state index in [1.807, 2.05) is 47.0 Å². The fourth-order valence-corrected chi connectivity index (χ4v) is 3.99. The lowest BCUT2D eigenvalue weighted by Gasteiger charge is -2.11. The molecule has 3 aromatic rings. The van der Waals surface area contributed by atoms with E-state index in [1.165, 1.54) is 11.8 Å². The molecule has 0 aliphatic carbocycles. The summed E-state index contributed by atoms with van der Waals surface area (Å²) in [7, 11) is 0. The number of esters is 1. The number of hydrogen-bond donors (Lipinski definition) is 0. The minimum atomic E-state index is -0.241. The van der Waals surface area contributed by atoms with E-state index in [0.717, 1.165) is 17.1 Å². The molecular weight excluding hydrogens is 370 g/mol. The molecule has 0 bridgehead atoms. The second-order valence-electron chi connectivity index (χ2n) is 5.94. The van der Waals surface area contributed by atoms with Crippen molar-refractivity contribution in [2.45, 2.75) is 23.2 Å². The van der Waals surface area contributed by atoms with Crippen LogP contribution in [-0.4, -0.2) is 32.6 Å². The van der Waals surface area contributed by atoms with E-state index >= 15 is 0 Å². The summed E-state index contributed by atoms with van der Waals surface area (Å²) in [5.41, 5.74) is 2.06. The van der Waals surface area contributed by atoms with E-state index in [4.69, 9.17) is 16.3 Å². The number of rotatable bonds is 5. The first-order valence-electron chi connectivity index (χ1n) is 8.28. The zero-order chi connectivity index (χ0) is 17.9. The molecule has 2 heterocycles. The standard InChI is InChI=1S/C19H16ClN3O2S/c20-14-6-8-15(9-7-14)23-17(12-13-4-2-1-3-5-13)21-22-19(23)26-16-10-11-25-18(16)24/h1-9,16H,10-12H2/t16-/m0/s1. The van der Waals surface area contributed by atoms with Gasteiger partial charge in [0, 0.05) is 23.6 Å². The smallest absolute Gasteiger partial charge is 0.319 e. The number of hydrogen-bond acceptors (Lipinski definition) is 5. The van der Waals surface area contributed by atoms with Crippen LogP contribution in [0.5, 0.6) is 0 Å². The van der Waals surface area contributed by atoms with Crippen LogP contribution >= 0.6 is 23.4 Å². The van der Waals surface area contributed by atoms with Gasteiger partial charge in [-0.15, -0.1) is 10.2 Å². The van der Waals surface area contributed by atoms with E-state index in [9.17, 15) is 4.79 Å². The quantitative estimate of drug-likeness (QED) is 0.623. The first kappa shape index (κ1) is 17.1. The maximum Gasteiger partial charge on any atom is 0.319 e. The summed E-state index contributed by atoms with van der Waals surface area (Å²) < 4.78 is 7.05. The molecule has 26 heavy (non-hydrogen) atoms. The predicted octanol–water partition coefficient (Wildman–Crippen LogP) is 3.92. The lowest BCUT2D eigenvalue weighted by Crippen LogP contribution is -2.11. The van der Waals surface area contributed by atoms with Gasteiger partial charge in [0.05, 0.1) is 6.61 Å². The van der Waals surface area contributed by atoms with Crippen molar-refractivity contribution in [1.29, 1.82) is 0 Å². The maximum absolute atomic E-state index is 11.9. The lowest BCUT2D eigenvalue weighted by atomic mass is 10.1. The first-order chi connectivity index (χ1) is 12.7. The average Bonchev–Trinajstić information content (AvgIpc) is 3.24. The Labute approximate surface area is 160 Å². The molecule has 0 saturated carbocycles. The highest BCUT2D eigenvalue weighted by molar-refractivity contribution is 8.00. The van der Waals surface area contributed by atoms with Gasteiger partial charge in [0.15, 0.2) is 5.16 Å². The van der Waals surface area contributed by atoms with Crippen LogP contribution in [0.1, 0.15) is 17.8 Å². The summed E-state index contributed by atoms with van der Waals surface area (Å²) in [5.74, 6) is 0.623. The first-order valence-corrected chi connectivity index (χ1v) is 9.54. The van der Waals surface area contributed by atoms with E-state index in [1.54, 1.807) is 0 Å². The SMILES string of the molecule is O=C1OCC[C@@H]1Sc1nnc(Cc2ccccc2)n1-c1ccc(Cl)cc1. The highest BCUT2D eigenvalue weighted by atomic mass is 35.5. The van der Waals surface area contributed by atoms with Crippen LogP contribution < -0.4 is 0 Å².